The summed E-state index contributed by atoms with van der Waals surface area (Å²) >= 11 is 5.92. The van der Waals surface area contributed by atoms with Crippen LogP contribution in [0, 0.1) is 0 Å². The zero-order chi connectivity index (χ0) is 13.1. The van der Waals surface area contributed by atoms with E-state index in [0.29, 0.717) is 11.7 Å². The Balaban J connectivity index is 2.64. The molecule has 1 amide bonds. The molecule has 0 saturated carbocycles. The molecule has 0 bridgehead atoms. The van der Waals surface area contributed by atoms with E-state index in [-0.39, 0.29) is 6.09 Å². The molecule has 1 rings (SSSR count). The van der Waals surface area contributed by atoms with E-state index in [1.54, 1.807) is 19.3 Å². The Labute approximate surface area is 107 Å². The maximum atomic E-state index is 11.7. The van der Waals surface area contributed by atoms with Crippen molar-refractivity contribution in [1.82, 2.24) is 9.88 Å². The Morgan fingerprint density at radius 1 is 1.53 bits per heavy atom. The van der Waals surface area contributed by atoms with Crippen LogP contribution < -0.4 is 0 Å². The molecule has 17 heavy (non-hydrogen) atoms. The van der Waals surface area contributed by atoms with Gasteiger partial charge in [0.2, 0.25) is 0 Å². The number of carbonyl (C=O) groups is 1. The Kier molecular flexibility index (Phi) is 4.34. The van der Waals surface area contributed by atoms with Crippen LogP contribution in [0.3, 0.4) is 0 Å². The van der Waals surface area contributed by atoms with E-state index >= 15 is 0 Å². The molecular formula is C12H17ClN2O2. The molecule has 0 aliphatic carbocycles. The maximum Gasteiger partial charge on any atom is 0.410 e. The Bertz CT molecular complexity index is 402. The third-order valence-electron chi connectivity index (χ3n) is 1.95. The first-order chi connectivity index (χ1) is 7.79. The zero-order valence-electron chi connectivity index (χ0n) is 10.5. The molecule has 1 heterocycles. The summed E-state index contributed by atoms with van der Waals surface area (Å²) in [6.07, 6.45) is 1.23. The summed E-state index contributed by atoms with van der Waals surface area (Å²) in [6.45, 7) is 5.86. The summed E-state index contributed by atoms with van der Waals surface area (Å²) in [5.41, 5.74) is 0.298. The molecule has 0 spiro atoms. The summed E-state index contributed by atoms with van der Waals surface area (Å²) in [6, 6.07) is 3.61. The lowest BCUT2D eigenvalue weighted by molar-refractivity contribution is 0.0285. The van der Waals surface area contributed by atoms with Crippen LogP contribution in [0.2, 0.25) is 5.15 Å². The molecule has 1 aromatic rings. The second-order valence-corrected chi connectivity index (χ2v) is 5.15. The fourth-order valence-electron chi connectivity index (χ4n) is 1.20. The number of hydrogen-bond donors (Lipinski definition) is 0. The standard InChI is InChI=1S/C12H17ClN2O2/c1-12(2,3)17-11(16)15(4)8-9-6-5-7-14-10(9)13/h5-7H,8H2,1-4H3. The molecule has 5 heteroatoms. The van der Waals surface area contributed by atoms with Crippen LogP contribution in [0.1, 0.15) is 26.3 Å². The number of nitrogens with zero attached hydrogens (tertiary/aromatic N) is 2. The highest BCUT2D eigenvalue weighted by molar-refractivity contribution is 6.30. The van der Waals surface area contributed by atoms with Crippen LogP contribution in [-0.2, 0) is 11.3 Å². The number of amides is 1. The van der Waals surface area contributed by atoms with E-state index in [4.69, 9.17) is 16.3 Å². The Morgan fingerprint density at radius 2 is 2.18 bits per heavy atom. The second-order valence-electron chi connectivity index (χ2n) is 4.79. The average Bonchev–Trinajstić information content (AvgIpc) is 2.18. The van der Waals surface area contributed by atoms with Gasteiger partial charge in [0.25, 0.3) is 0 Å². The molecule has 94 valence electrons. The highest BCUT2D eigenvalue weighted by Gasteiger charge is 2.20. The van der Waals surface area contributed by atoms with Crippen molar-refractivity contribution in [2.24, 2.45) is 0 Å². The van der Waals surface area contributed by atoms with Crippen LogP contribution in [0.4, 0.5) is 4.79 Å². The normalized spacial score (nSPS) is 11.1. The number of hydrogen-bond acceptors (Lipinski definition) is 3. The first-order valence-corrected chi connectivity index (χ1v) is 5.71. The first kappa shape index (κ1) is 13.8. The molecule has 0 N–H and O–H groups in total. The highest BCUT2D eigenvalue weighted by atomic mass is 35.5. The highest BCUT2D eigenvalue weighted by Crippen LogP contribution is 2.15. The van der Waals surface area contributed by atoms with Crippen LogP contribution in [0.15, 0.2) is 18.3 Å². The maximum absolute atomic E-state index is 11.7. The lowest BCUT2D eigenvalue weighted by Gasteiger charge is -2.24. The third-order valence-corrected chi connectivity index (χ3v) is 2.29. The van der Waals surface area contributed by atoms with Crippen molar-refractivity contribution in [2.75, 3.05) is 7.05 Å². The average molecular weight is 257 g/mol. The topological polar surface area (TPSA) is 42.4 Å². The molecule has 4 nitrogen and oxygen atoms in total. The monoisotopic (exact) mass is 256 g/mol. The predicted molar refractivity (Wildman–Crippen MR) is 66.9 cm³/mol. The van der Waals surface area contributed by atoms with Gasteiger partial charge in [-0.05, 0) is 26.8 Å². The van der Waals surface area contributed by atoms with Gasteiger partial charge >= 0.3 is 6.09 Å². The zero-order valence-corrected chi connectivity index (χ0v) is 11.3. The van der Waals surface area contributed by atoms with Gasteiger partial charge < -0.3 is 9.64 Å². The van der Waals surface area contributed by atoms with E-state index in [9.17, 15) is 4.79 Å². The van der Waals surface area contributed by atoms with Crippen LogP contribution in [-0.4, -0.2) is 28.6 Å². The smallest absolute Gasteiger partial charge is 0.410 e. The molecular weight excluding hydrogens is 240 g/mol. The van der Waals surface area contributed by atoms with Crippen molar-refractivity contribution in [3.63, 3.8) is 0 Å². The molecule has 0 fully saturated rings. The van der Waals surface area contributed by atoms with Crippen molar-refractivity contribution in [3.8, 4) is 0 Å². The van der Waals surface area contributed by atoms with Crippen LogP contribution >= 0.6 is 11.6 Å². The molecule has 0 radical (unpaired) electrons. The molecule has 0 aromatic carbocycles. The van der Waals surface area contributed by atoms with Gasteiger partial charge in [-0.2, -0.15) is 0 Å². The van der Waals surface area contributed by atoms with Crippen molar-refractivity contribution in [2.45, 2.75) is 32.9 Å². The van der Waals surface area contributed by atoms with Crippen molar-refractivity contribution in [1.29, 1.82) is 0 Å². The number of ether oxygens (including phenoxy) is 1. The van der Waals surface area contributed by atoms with E-state index in [2.05, 4.69) is 4.98 Å². The summed E-state index contributed by atoms with van der Waals surface area (Å²) in [4.78, 5) is 17.1. The summed E-state index contributed by atoms with van der Waals surface area (Å²) in [5.74, 6) is 0. The molecule has 1 aromatic heterocycles. The second kappa shape index (κ2) is 5.36. The van der Waals surface area contributed by atoms with Gasteiger partial charge in [-0.15, -0.1) is 0 Å². The van der Waals surface area contributed by atoms with Gasteiger partial charge in [0.05, 0.1) is 6.54 Å². The quantitative estimate of drug-likeness (QED) is 0.764. The minimum Gasteiger partial charge on any atom is -0.444 e. The molecule has 0 aliphatic rings. The van der Waals surface area contributed by atoms with E-state index < -0.39 is 5.60 Å². The van der Waals surface area contributed by atoms with Gasteiger partial charge in [-0.1, -0.05) is 17.7 Å². The van der Waals surface area contributed by atoms with Crippen molar-refractivity contribution >= 4 is 17.7 Å². The lowest BCUT2D eigenvalue weighted by Crippen LogP contribution is -2.33. The minimum atomic E-state index is -0.496. The summed E-state index contributed by atoms with van der Waals surface area (Å²) in [5, 5.41) is 0.405. The van der Waals surface area contributed by atoms with Gasteiger partial charge in [-0.3, -0.25) is 0 Å². The Morgan fingerprint density at radius 3 is 2.71 bits per heavy atom. The van der Waals surface area contributed by atoms with Crippen LogP contribution in [0.5, 0.6) is 0 Å². The number of rotatable bonds is 2. The van der Waals surface area contributed by atoms with E-state index in [1.165, 1.54) is 4.90 Å². The predicted octanol–water partition coefficient (Wildman–Crippen LogP) is 3.10. The van der Waals surface area contributed by atoms with Gasteiger partial charge in [-0.25, -0.2) is 9.78 Å². The minimum absolute atomic E-state index is 0.377. The van der Waals surface area contributed by atoms with Crippen molar-refractivity contribution < 1.29 is 9.53 Å². The fraction of sp³-hybridized carbons (Fsp3) is 0.500. The Hall–Kier alpha value is -1.29. The van der Waals surface area contributed by atoms with Gasteiger partial charge in [0.1, 0.15) is 10.8 Å². The lowest BCUT2D eigenvalue weighted by atomic mass is 10.2. The van der Waals surface area contributed by atoms with E-state index in [0.717, 1.165) is 5.56 Å². The van der Waals surface area contributed by atoms with Gasteiger partial charge in [0, 0.05) is 18.8 Å². The number of aromatic nitrogens is 1. The molecule has 0 unspecified atom stereocenters. The SMILES string of the molecule is CN(Cc1cccnc1Cl)C(=O)OC(C)(C)C. The van der Waals surface area contributed by atoms with Crippen LogP contribution in [0.25, 0.3) is 0 Å². The first-order valence-electron chi connectivity index (χ1n) is 5.33. The molecule has 0 aliphatic heterocycles. The summed E-state index contributed by atoms with van der Waals surface area (Å²) < 4.78 is 5.24. The number of carbonyl (C=O) groups excluding carboxylic acids is 1. The molecule has 0 atom stereocenters. The number of halogens is 1. The fourth-order valence-corrected chi connectivity index (χ4v) is 1.38. The number of pyridine rings is 1. The van der Waals surface area contributed by atoms with Crippen molar-refractivity contribution in [3.05, 3.63) is 29.0 Å². The van der Waals surface area contributed by atoms with Gasteiger partial charge in [0.15, 0.2) is 0 Å². The van der Waals surface area contributed by atoms with E-state index in [1.807, 2.05) is 26.8 Å². The largest absolute Gasteiger partial charge is 0.444 e. The summed E-state index contributed by atoms with van der Waals surface area (Å²) in [7, 11) is 1.66. The third kappa shape index (κ3) is 4.61. The molecule has 0 saturated heterocycles.